The Morgan fingerprint density at radius 2 is 1.83 bits per heavy atom. The lowest BCUT2D eigenvalue weighted by Crippen LogP contribution is -2.31. The van der Waals surface area contributed by atoms with Crippen LogP contribution in [0.3, 0.4) is 0 Å². The Kier molecular flexibility index (Phi) is 6.81. The molecule has 0 bridgehead atoms. The first-order chi connectivity index (χ1) is 20.5. The molecule has 216 valence electrons. The molecule has 5 aromatic rings. The third-order valence-electron chi connectivity index (χ3n) is 8.93. The molecule has 1 aliphatic carbocycles. The van der Waals surface area contributed by atoms with Crippen molar-refractivity contribution in [1.29, 1.82) is 0 Å². The van der Waals surface area contributed by atoms with E-state index in [9.17, 15) is 0 Å². The van der Waals surface area contributed by atoms with Crippen LogP contribution in [0.1, 0.15) is 66.1 Å². The van der Waals surface area contributed by atoms with Crippen molar-refractivity contribution in [1.82, 2.24) is 19.7 Å². The maximum Gasteiger partial charge on any atom is 0.165 e. The highest BCUT2D eigenvalue weighted by atomic mass is 19.1. The van der Waals surface area contributed by atoms with Crippen molar-refractivity contribution in [3.8, 4) is 16.9 Å². The predicted molar refractivity (Wildman–Crippen MR) is 163 cm³/mol. The maximum atomic E-state index is 16.4. The van der Waals surface area contributed by atoms with E-state index in [-0.39, 0.29) is 11.6 Å². The molecule has 2 aliphatic rings. The van der Waals surface area contributed by atoms with E-state index in [1.165, 1.54) is 0 Å². The van der Waals surface area contributed by atoms with Gasteiger partial charge in [-0.3, -0.25) is 0 Å². The zero-order valence-electron chi connectivity index (χ0n) is 24.2. The molecule has 0 radical (unpaired) electrons. The summed E-state index contributed by atoms with van der Waals surface area (Å²) >= 11 is 0. The van der Waals surface area contributed by atoms with Gasteiger partial charge in [-0.2, -0.15) is 5.10 Å². The number of nitrogens with two attached hydrogens (primary N) is 1. The number of nitrogens with one attached hydrogen (secondary N) is 1. The van der Waals surface area contributed by atoms with Crippen molar-refractivity contribution in [2.75, 3.05) is 18.0 Å². The maximum absolute atomic E-state index is 16.4. The molecular weight excluding hydrogens is 530 g/mol. The van der Waals surface area contributed by atoms with Crippen LogP contribution in [0, 0.1) is 11.6 Å². The van der Waals surface area contributed by atoms with Crippen LogP contribution in [0.4, 0.5) is 14.6 Å². The highest BCUT2D eigenvalue weighted by Crippen LogP contribution is 2.43. The van der Waals surface area contributed by atoms with Crippen LogP contribution >= 0.6 is 0 Å². The minimum atomic E-state index is -0.301. The molecule has 0 atom stereocenters. The van der Waals surface area contributed by atoms with Crippen molar-refractivity contribution in [3.63, 3.8) is 0 Å². The van der Waals surface area contributed by atoms with E-state index in [1.54, 1.807) is 12.1 Å². The molecule has 3 aromatic heterocycles. The summed E-state index contributed by atoms with van der Waals surface area (Å²) in [4.78, 5) is 9.90. The number of anilines is 1. The molecule has 0 saturated heterocycles. The van der Waals surface area contributed by atoms with Gasteiger partial charge in [0.05, 0.1) is 17.1 Å². The third kappa shape index (κ3) is 4.40. The molecule has 7 rings (SSSR count). The Labute approximate surface area is 244 Å². The van der Waals surface area contributed by atoms with Crippen LogP contribution < -0.4 is 10.6 Å². The number of benzene rings is 2. The van der Waals surface area contributed by atoms with Crippen molar-refractivity contribution in [2.24, 2.45) is 5.73 Å². The first-order valence-corrected chi connectivity index (χ1v) is 15.1. The minimum absolute atomic E-state index is 0.285. The number of rotatable bonds is 8. The number of aryl methyl sites for hydroxylation is 2. The van der Waals surface area contributed by atoms with Gasteiger partial charge >= 0.3 is 0 Å². The topological polar surface area (TPSA) is 75.8 Å². The van der Waals surface area contributed by atoms with Gasteiger partial charge in [0, 0.05) is 53.9 Å². The van der Waals surface area contributed by atoms with E-state index in [0.29, 0.717) is 61.9 Å². The van der Waals surface area contributed by atoms with Crippen LogP contribution in [0.15, 0.2) is 48.8 Å². The lowest BCUT2D eigenvalue weighted by atomic mass is 9.95. The summed E-state index contributed by atoms with van der Waals surface area (Å²) in [6.45, 7) is 5.62. The second-order valence-corrected chi connectivity index (χ2v) is 11.5. The van der Waals surface area contributed by atoms with Crippen LogP contribution in [0.5, 0.6) is 0 Å². The van der Waals surface area contributed by atoms with E-state index >= 15 is 8.78 Å². The number of para-hydroxylation sites is 1. The Morgan fingerprint density at radius 1 is 1.02 bits per heavy atom. The molecule has 1 aliphatic heterocycles. The second-order valence-electron chi connectivity index (χ2n) is 11.5. The molecule has 0 amide bonds. The average Bonchev–Trinajstić information content (AvgIpc) is 3.63. The summed E-state index contributed by atoms with van der Waals surface area (Å²) in [6.07, 6.45) is 8.66. The van der Waals surface area contributed by atoms with Gasteiger partial charge in [-0.1, -0.05) is 32.0 Å². The van der Waals surface area contributed by atoms with E-state index in [2.05, 4.69) is 35.1 Å². The number of aromatic amines is 1. The molecule has 0 spiro atoms. The first-order valence-electron chi connectivity index (χ1n) is 15.1. The van der Waals surface area contributed by atoms with E-state index in [4.69, 9.17) is 10.8 Å². The minimum Gasteiger partial charge on any atom is -0.361 e. The number of H-pyrrole nitrogens is 1. The first kappa shape index (κ1) is 26.8. The summed E-state index contributed by atoms with van der Waals surface area (Å²) < 4.78 is 33.7. The van der Waals surface area contributed by atoms with Gasteiger partial charge in [0.2, 0.25) is 0 Å². The SMILES string of the molecule is CCc1cccc(CCN)c1-n1nc2c(c1-c1c(F)cc(CC)c3[nH]ccc13)CN(c1ncc(C3CC3)cc1F)CC2. The van der Waals surface area contributed by atoms with Crippen LogP contribution in [0.25, 0.3) is 27.8 Å². The number of nitrogens with zero attached hydrogens (tertiary/aromatic N) is 4. The molecule has 1 saturated carbocycles. The zero-order valence-corrected chi connectivity index (χ0v) is 24.2. The Hall–Kier alpha value is -4.04. The molecule has 8 heteroatoms. The normalized spacial score (nSPS) is 15.0. The van der Waals surface area contributed by atoms with Crippen molar-refractivity contribution in [2.45, 2.75) is 64.8 Å². The lowest BCUT2D eigenvalue weighted by molar-refractivity contribution is 0.597. The fraction of sp³-hybridized carbons (Fsp3) is 0.353. The van der Waals surface area contributed by atoms with Gasteiger partial charge in [0.1, 0.15) is 5.82 Å². The van der Waals surface area contributed by atoms with Crippen LogP contribution in [-0.2, 0) is 32.2 Å². The summed E-state index contributed by atoms with van der Waals surface area (Å²) in [5, 5.41) is 6.00. The molecule has 1 fully saturated rings. The zero-order chi connectivity index (χ0) is 29.0. The van der Waals surface area contributed by atoms with Crippen molar-refractivity contribution < 1.29 is 8.78 Å². The Bertz CT molecular complexity index is 1800. The van der Waals surface area contributed by atoms with Gasteiger partial charge in [0.15, 0.2) is 11.6 Å². The number of fused-ring (bicyclic) bond motifs is 2. The fourth-order valence-corrected chi connectivity index (χ4v) is 6.64. The number of hydrogen-bond acceptors (Lipinski definition) is 4. The Balaban J connectivity index is 1.46. The van der Waals surface area contributed by atoms with Gasteiger partial charge in [-0.15, -0.1) is 0 Å². The molecule has 2 aromatic carbocycles. The Morgan fingerprint density at radius 3 is 2.57 bits per heavy atom. The number of hydrogen-bond donors (Lipinski definition) is 2. The van der Waals surface area contributed by atoms with Crippen molar-refractivity contribution >= 4 is 16.7 Å². The van der Waals surface area contributed by atoms with Crippen LogP contribution in [0.2, 0.25) is 0 Å². The quantitative estimate of drug-likeness (QED) is 0.218. The van der Waals surface area contributed by atoms with E-state index in [0.717, 1.165) is 69.4 Å². The van der Waals surface area contributed by atoms with E-state index in [1.807, 2.05) is 35.0 Å². The molecule has 42 heavy (non-hydrogen) atoms. The monoisotopic (exact) mass is 566 g/mol. The average molecular weight is 567 g/mol. The van der Waals surface area contributed by atoms with Crippen molar-refractivity contribution in [3.05, 3.63) is 93.9 Å². The summed E-state index contributed by atoms with van der Waals surface area (Å²) in [7, 11) is 0. The highest BCUT2D eigenvalue weighted by Gasteiger charge is 2.32. The van der Waals surface area contributed by atoms with E-state index < -0.39 is 0 Å². The molecule has 0 unspecified atom stereocenters. The number of pyridine rings is 1. The van der Waals surface area contributed by atoms with Gasteiger partial charge < -0.3 is 15.6 Å². The standard InChI is InChI=1S/C34H36F2N6/c1-3-20-6-5-7-23(10-13-37)32(20)42-33(30-25-11-14-38-31(25)21(4-2)16-27(30)35)26-19-41(15-12-29(26)40-42)34-28(36)17-24(18-39-34)22-8-9-22/h5-7,11,14,16-18,22,38H,3-4,8-10,12-13,15,19,37H2,1-2H3. The van der Waals surface area contributed by atoms with Gasteiger partial charge in [-0.25, -0.2) is 18.4 Å². The van der Waals surface area contributed by atoms with Gasteiger partial charge in [-0.05, 0) is 85.0 Å². The summed E-state index contributed by atoms with van der Waals surface area (Å²) in [5.41, 5.74) is 15.1. The molecule has 4 heterocycles. The smallest absolute Gasteiger partial charge is 0.165 e. The molecule has 3 N–H and O–H groups in total. The number of aromatic nitrogens is 4. The van der Waals surface area contributed by atoms with Crippen LogP contribution in [-0.4, -0.2) is 32.8 Å². The predicted octanol–water partition coefficient (Wildman–Crippen LogP) is 6.76. The van der Waals surface area contributed by atoms with Gasteiger partial charge in [0.25, 0.3) is 0 Å². The largest absolute Gasteiger partial charge is 0.361 e. The lowest BCUT2D eigenvalue weighted by Gasteiger charge is -2.28. The highest BCUT2D eigenvalue weighted by molar-refractivity contribution is 5.98. The fourth-order valence-electron chi connectivity index (χ4n) is 6.64. The molecule has 6 nitrogen and oxygen atoms in total. The third-order valence-corrected chi connectivity index (χ3v) is 8.93. The number of halogens is 2. The molecular formula is C34H36F2N6. The second kappa shape index (κ2) is 10.7. The summed E-state index contributed by atoms with van der Waals surface area (Å²) in [5.74, 6) is 0.186. The summed E-state index contributed by atoms with van der Waals surface area (Å²) in [6, 6.07) is 11.5.